The Balaban J connectivity index is 4.94. The summed E-state index contributed by atoms with van der Waals surface area (Å²) < 4.78 is 23.5. The molecule has 0 amide bonds. The van der Waals surface area contributed by atoms with Gasteiger partial charge in [-0.15, -0.1) is 0 Å². The fraction of sp³-hybridized carbons (Fsp3) is 0.840. The Morgan fingerprint density at radius 1 is 0.455 bits per heavy atom. The summed E-state index contributed by atoms with van der Waals surface area (Å²) in [5.41, 5.74) is -0.571. The van der Waals surface area contributed by atoms with Crippen molar-refractivity contribution in [2.75, 3.05) is 52.9 Å². The van der Waals surface area contributed by atoms with E-state index in [1.807, 2.05) is 0 Å². The van der Waals surface area contributed by atoms with E-state index in [1.165, 1.54) is 0 Å². The normalized spacial score (nSPS) is 11.5. The number of rotatable bonds is 24. The van der Waals surface area contributed by atoms with E-state index in [0.29, 0.717) is 104 Å². The van der Waals surface area contributed by atoms with Gasteiger partial charge in [-0.3, -0.25) is 0 Å². The van der Waals surface area contributed by atoms with Gasteiger partial charge in [0.15, 0.2) is 0 Å². The molecule has 0 rings (SSSR count). The summed E-state index contributed by atoms with van der Waals surface area (Å²) in [6, 6.07) is 0. The molecule has 0 N–H and O–H groups in total. The molecule has 0 aliphatic rings. The molecular formula is C25H44O8. The molecule has 8 nitrogen and oxygen atoms in total. The fourth-order valence-corrected chi connectivity index (χ4v) is 3.10. The molecule has 0 atom stereocenters. The summed E-state index contributed by atoms with van der Waals surface area (Å²) in [4.78, 5) is 44.7. The predicted octanol–water partition coefficient (Wildman–Crippen LogP) is 3.52. The molecule has 0 radical (unpaired) electrons. The lowest BCUT2D eigenvalue weighted by Gasteiger charge is -2.33. The Kier molecular flexibility index (Phi) is 19.0. The van der Waals surface area contributed by atoms with Crippen LogP contribution in [-0.2, 0) is 38.1 Å². The first-order valence-corrected chi connectivity index (χ1v) is 12.0. The summed E-state index contributed by atoms with van der Waals surface area (Å²) in [6.45, 7) is 9.33. The minimum atomic E-state index is -0.571. The molecule has 0 bridgehead atoms. The van der Waals surface area contributed by atoms with Gasteiger partial charge in [-0.1, -0.05) is 0 Å². The number of ketones is 4. The predicted molar refractivity (Wildman–Crippen MR) is 125 cm³/mol. The monoisotopic (exact) mass is 472 g/mol. The molecule has 8 heteroatoms. The molecule has 0 heterocycles. The molecule has 33 heavy (non-hydrogen) atoms. The second kappa shape index (κ2) is 19.9. The van der Waals surface area contributed by atoms with Gasteiger partial charge in [-0.05, 0) is 53.4 Å². The van der Waals surface area contributed by atoms with Gasteiger partial charge >= 0.3 is 0 Å². The highest BCUT2D eigenvalue weighted by molar-refractivity contribution is 5.76. The van der Waals surface area contributed by atoms with Crippen molar-refractivity contribution in [1.82, 2.24) is 0 Å². The lowest BCUT2D eigenvalue weighted by Crippen LogP contribution is -2.42. The summed E-state index contributed by atoms with van der Waals surface area (Å²) in [5.74, 6) is 0.505. The van der Waals surface area contributed by atoms with Gasteiger partial charge < -0.3 is 38.1 Å². The molecule has 0 aliphatic heterocycles. The maximum absolute atomic E-state index is 11.2. The zero-order valence-electron chi connectivity index (χ0n) is 21.1. The Bertz CT molecular complexity index is 471. The minimum Gasteiger partial charge on any atom is -0.381 e. The van der Waals surface area contributed by atoms with Crippen LogP contribution in [0.25, 0.3) is 0 Å². The molecule has 0 saturated heterocycles. The number of carbonyl (C=O) groups excluding carboxylic acids is 4. The van der Waals surface area contributed by atoms with Crippen molar-refractivity contribution in [2.24, 2.45) is 5.41 Å². The lowest BCUT2D eigenvalue weighted by molar-refractivity contribution is -0.119. The Labute approximate surface area is 199 Å². The smallest absolute Gasteiger partial charge is 0.129 e. The van der Waals surface area contributed by atoms with E-state index in [4.69, 9.17) is 18.9 Å². The first-order valence-electron chi connectivity index (χ1n) is 12.0. The molecule has 0 aromatic heterocycles. The zero-order valence-corrected chi connectivity index (χ0v) is 21.1. The zero-order chi connectivity index (χ0) is 25.0. The highest BCUT2D eigenvalue weighted by atomic mass is 16.5. The number of hydrogen-bond donors (Lipinski definition) is 0. The summed E-state index contributed by atoms with van der Waals surface area (Å²) in [7, 11) is 0. The number of Topliss-reactive ketones (excluding diaryl/α,β-unsaturated/α-hetero) is 4. The first kappa shape index (κ1) is 31.5. The average molecular weight is 473 g/mol. The van der Waals surface area contributed by atoms with Gasteiger partial charge in [0, 0.05) is 52.1 Å². The first-order chi connectivity index (χ1) is 15.7. The van der Waals surface area contributed by atoms with Gasteiger partial charge in [0.2, 0.25) is 0 Å². The van der Waals surface area contributed by atoms with Crippen LogP contribution in [0.1, 0.15) is 79.1 Å². The van der Waals surface area contributed by atoms with E-state index in [0.717, 1.165) is 0 Å². The van der Waals surface area contributed by atoms with Crippen LogP contribution < -0.4 is 0 Å². The molecule has 0 fully saturated rings. The van der Waals surface area contributed by atoms with E-state index < -0.39 is 5.41 Å². The van der Waals surface area contributed by atoms with E-state index in [9.17, 15) is 19.2 Å². The van der Waals surface area contributed by atoms with E-state index >= 15 is 0 Å². The van der Waals surface area contributed by atoms with Crippen LogP contribution >= 0.6 is 0 Å². The van der Waals surface area contributed by atoms with Gasteiger partial charge in [0.1, 0.15) is 23.1 Å². The SMILES string of the molecule is CC(=O)CCCOCC(COCCCC(C)=O)(COCCCC(C)=O)COCCCC(C)=O. The van der Waals surface area contributed by atoms with E-state index in [2.05, 4.69) is 0 Å². The Morgan fingerprint density at radius 2 is 0.667 bits per heavy atom. The van der Waals surface area contributed by atoms with Gasteiger partial charge in [-0.2, -0.15) is 0 Å². The van der Waals surface area contributed by atoms with E-state index in [1.54, 1.807) is 27.7 Å². The Hall–Kier alpha value is -1.48. The molecule has 192 valence electrons. The molecule has 0 unspecified atom stereocenters. The van der Waals surface area contributed by atoms with Crippen molar-refractivity contribution >= 4 is 23.1 Å². The van der Waals surface area contributed by atoms with Crippen molar-refractivity contribution < 1.29 is 38.1 Å². The van der Waals surface area contributed by atoms with Gasteiger partial charge in [-0.25, -0.2) is 0 Å². The second-order valence-corrected chi connectivity index (χ2v) is 8.93. The lowest BCUT2D eigenvalue weighted by atomic mass is 9.92. The third kappa shape index (κ3) is 20.8. The standard InChI is InChI=1S/C25H44O8/c1-21(26)9-5-13-30-17-25(18-31-14-6-10-22(2)27,19-32-15-7-11-23(3)28)20-33-16-8-12-24(4)29/h5-20H2,1-4H3. The maximum atomic E-state index is 11.2. The van der Waals surface area contributed by atoms with Crippen molar-refractivity contribution in [3.05, 3.63) is 0 Å². The molecule has 0 spiro atoms. The summed E-state index contributed by atoms with van der Waals surface area (Å²) in [5, 5.41) is 0. The van der Waals surface area contributed by atoms with Gasteiger partial charge in [0.05, 0.1) is 31.8 Å². The van der Waals surface area contributed by atoms with Crippen LogP contribution in [0.2, 0.25) is 0 Å². The van der Waals surface area contributed by atoms with Crippen molar-refractivity contribution in [2.45, 2.75) is 79.1 Å². The molecule has 0 aromatic rings. The van der Waals surface area contributed by atoms with Crippen LogP contribution in [0.5, 0.6) is 0 Å². The molecule has 0 aliphatic carbocycles. The topological polar surface area (TPSA) is 105 Å². The van der Waals surface area contributed by atoms with Crippen LogP contribution in [0.15, 0.2) is 0 Å². The minimum absolute atomic E-state index is 0.126. The number of hydrogen-bond acceptors (Lipinski definition) is 8. The van der Waals surface area contributed by atoms with Crippen LogP contribution in [0.3, 0.4) is 0 Å². The molecule has 0 saturated carbocycles. The van der Waals surface area contributed by atoms with Gasteiger partial charge in [0.25, 0.3) is 0 Å². The average Bonchev–Trinajstić information content (AvgIpc) is 2.71. The van der Waals surface area contributed by atoms with Crippen molar-refractivity contribution in [3.8, 4) is 0 Å². The van der Waals surface area contributed by atoms with Crippen LogP contribution in [-0.4, -0.2) is 76.0 Å². The third-order valence-electron chi connectivity index (χ3n) is 4.90. The highest BCUT2D eigenvalue weighted by Crippen LogP contribution is 2.22. The summed E-state index contributed by atoms with van der Waals surface area (Å²) >= 11 is 0. The fourth-order valence-electron chi connectivity index (χ4n) is 3.10. The maximum Gasteiger partial charge on any atom is 0.129 e. The van der Waals surface area contributed by atoms with E-state index in [-0.39, 0.29) is 23.1 Å². The van der Waals surface area contributed by atoms with Crippen LogP contribution in [0.4, 0.5) is 0 Å². The van der Waals surface area contributed by atoms with Crippen LogP contribution in [0, 0.1) is 5.41 Å². The second-order valence-electron chi connectivity index (χ2n) is 8.93. The van der Waals surface area contributed by atoms with Crippen molar-refractivity contribution in [1.29, 1.82) is 0 Å². The Morgan fingerprint density at radius 3 is 0.848 bits per heavy atom. The molecule has 0 aromatic carbocycles. The number of carbonyl (C=O) groups is 4. The molecular weight excluding hydrogens is 428 g/mol. The quantitative estimate of drug-likeness (QED) is 0.197. The third-order valence-corrected chi connectivity index (χ3v) is 4.90. The van der Waals surface area contributed by atoms with Crippen molar-refractivity contribution in [3.63, 3.8) is 0 Å². The largest absolute Gasteiger partial charge is 0.381 e. The highest BCUT2D eigenvalue weighted by Gasteiger charge is 2.32. The number of ether oxygens (including phenoxy) is 4. The summed E-state index contributed by atoms with van der Waals surface area (Å²) in [6.07, 6.45) is 4.45.